The second-order valence-electron chi connectivity index (χ2n) is 7.92. The van der Waals surface area contributed by atoms with Crippen molar-refractivity contribution < 1.29 is 9.53 Å². The van der Waals surface area contributed by atoms with E-state index in [-0.39, 0.29) is 17.7 Å². The first kappa shape index (κ1) is 21.0. The van der Waals surface area contributed by atoms with Gasteiger partial charge in [0.1, 0.15) is 6.23 Å². The number of hydrogen-bond acceptors (Lipinski definition) is 2. The Hall–Kier alpha value is -2.29. The van der Waals surface area contributed by atoms with Gasteiger partial charge in [0.15, 0.2) is 0 Å². The molecule has 0 spiro atoms. The third-order valence-corrected chi connectivity index (χ3v) is 4.58. The van der Waals surface area contributed by atoms with Gasteiger partial charge in [0.25, 0.3) is 0 Å². The molecule has 27 heavy (non-hydrogen) atoms. The Labute approximate surface area is 163 Å². The molecule has 1 atom stereocenters. The maximum Gasteiger partial charge on any atom is 0.324 e. The maximum atomic E-state index is 12.7. The lowest BCUT2D eigenvalue weighted by molar-refractivity contribution is -0.0137. The van der Waals surface area contributed by atoms with E-state index in [1.807, 2.05) is 36.4 Å². The summed E-state index contributed by atoms with van der Waals surface area (Å²) in [7, 11) is 0. The number of rotatable bonds is 6. The maximum absolute atomic E-state index is 12.7. The van der Waals surface area contributed by atoms with Crippen molar-refractivity contribution in [2.24, 2.45) is 5.41 Å². The highest BCUT2D eigenvalue weighted by Crippen LogP contribution is 2.31. The minimum atomic E-state index is -0.331. The summed E-state index contributed by atoms with van der Waals surface area (Å²) in [5, 5.41) is 2.95. The summed E-state index contributed by atoms with van der Waals surface area (Å²) in [4.78, 5) is 14.5. The highest BCUT2D eigenvalue weighted by molar-refractivity contribution is 5.89. The first-order valence-electron chi connectivity index (χ1n) is 9.60. The molecule has 1 aliphatic rings. The summed E-state index contributed by atoms with van der Waals surface area (Å²) >= 11 is 0. The van der Waals surface area contributed by atoms with Crippen LogP contribution in [0.2, 0.25) is 0 Å². The molecule has 2 rings (SSSR count). The van der Waals surface area contributed by atoms with Gasteiger partial charge in [-0.15, -0.1) is 5.73 Å². The Morgan fingerprint density at radius 3 is 2.67 bits per heavy atom. The van der Waals surface area contributed by atoms with E-state index in [0.717, 1.165) is 18.5 Å². The Balaban J connectivity index is 2.05. The minimum Gasteiger partial charge on any atom is -0.355 e. The molecule has 1 aromatic rings. The predicted octanol–water partition coefficient (Wildman–Crippen LogP) is 5.75. The van der Waals surface area contributed by atoms with E-state index in [1.165, 1.54) is 11.1 Å². The monoisotopic (exact) mass is 368 g/mol. The Morgan fingerprint density at radius 2 is 2.00 bits per heavy atom. The van der Waals surface area contributed by atoms with Gasteiger partial charge in [0.05, 0.1) is 6.61 Å². The number of carbonyl (C=O) groups is 1. The van der Waals surface area contributed by atoms with Gasteiger partial charge < -0.3 is 10.1 Å². The lowest BCUT2D eigenvalue weighted by Crippen LogP contribution is -2.46. The molecule has 0 bridgehead atoms. The number of benzene rings is 1. The summed E-state index contributed by atoms with van der Waals surface area (Å²) in [5.74, 6) is 0. The smallest absolute Gasteiger partial charge is 0.324 e. The number of ether oxygens (including phenoxy) is 1. The molecule has 0 saturated carbocycles. The SMILES string of the molecule is CC(=C=CC(C)(C)[C@H]1OCCN1C(=O)Nc1ccccc1)CCC=C(C)C. The topological polar surface area (TPSA) is 41.6 Å². The number of amides is 2. The van der Waals surface area contributed by atoms with Crippen molar-refractivity contribution in [3.63, 3.8) is 0 Å². The van der Waals surface area contributed by atoms with Crippen molar-refractivity contribution in [2.75, 3.05) is 18.5 Å². The van der Waals surface area contributed by atoms with Crippen molar-refractivity contribution in [1.82, 2.24) is 4.90 Å². The van der Waals surface area contributed by atoms with Crippen LogP contribution < -0.4 is 5.32 Å². The molecule has 1 aromatic carbocycles. The lowest BCUT2D eigenvalue weighted by atomic mass is 9.90. The van der Waals surface area contributed by atoms with Gasteiger partial charge in [-0.05, 0) is 57.4 Å². The van der Waals surface area contributed by atoms with E-state index in [0.29, 0.717) is 13.2 Å². The molecule has 0 unspecified atom stereocenters. The molecule has 2 amide bonds. The number of urea groups is 1. The number of nitrogens with zero attached hydrogens (tertiary/aromatic N) is 1. The van der Waals surface area contributed by atoms with E-state index in [1.54, 1.807) is 4.90 Å². The summed E-state index contributed by atoms with van der Waals surface area (Å²) in [6.07, 6.45) is 6.00. The minimum absolute atomic E-state index is 0.130. The standard InChI is InChI=1S/C23H32N2O2/c1-18(2)10-9-11-19(3)14-15-23(4,5)21-25(16-17-27-21)22(26)24-20-12-7-6-8-13-20/h6-8,10,12-13,15,21H,9,11,16-17H2,1-5H3,(H,24,26)/t14?,21-/m1/s1. The zero-order valence-electron chi connectivity index (χ0n) is 17.2. The summed E-state index contributed by atoms with van der Waals surface area (Å²) in [5.41, 5.74) is 6.41. The molecule has 1 saturated heterocycles. The number of carbonyl (C=O) groups excluding carboxylic acids is 1. The molecule has 1 N–H and O–H groups in total. The van der Waals surface area contributed by atoms with Gasteiger partial charge in [-0.25, -0.2) is 4.79 Å². The number of para-hydroxylation sites is 1. The van der Waals surface area contributed by atoms with Gasteiger partial charge in [0.2, 0.25) is 0 Å². The van der Waals surface area contributed by atoms with Crippen LogP contribution in [0.1, 0.15) is 47.5 Å². The van der Waals surface area contributed by atoms with E-state index in [4.69, 9.17) is 4.74 Å². The quantitative estimate of drug-likeness (QED) is 0.513. The Morgan fingerprint density at radius 1 is 1.30 bits per heavy atom. The molecule has 0 aliphatic carbocycles. The first-order valence-corrected chi connectivity index (χ1v) is 9.60. The molecular formula is C23H32N2O2. The van der Waals surface area contributed by atoms with Crippen molar-refractivity contribution >= 4 is 11.7 Å². The molecule has 1 fully saturated rings. The molecule has 1 aliphatic heterocycles. The third-order valence-electron chi connectivity index (χ3n) is 4.58. The largest absolute Gasteiger partial charge is 0.355 e. The number of anilines is 1. The van der Waals surface area contributed by atoms with Gasteiger partial charge >= 0.3 is 6.03 Å². The fraction of sp³-hybridized carbons (Fsp3) is 0.478. The Bertz CT molecular complexity index is 724. The second-order valence-corrected chi connectivity index (χ2v) is 7.92. The van der Waals surface area contributed by atoms with Crippen LogP contribution in [0.4, 0.5) is 10.5 Å². The van der Waals surface area contributed by atoms with Gasteiger partial charge in [-0.2, -0.15) is 0 Å². The van der Waals surface area contributed by atoms with Crippen molar-refractivity contribution in [3.05, 3.63) is 59.4 Å². The number of nitrogens with one attached hydrogen (secondary N) is 1. The van der Waals surface area contributed by atoms with Crippen LogP contribution in [0, 0.1) is 5.41 Å². The zero-order chi connectivity index (χ0) is 19.9. The van der Waals surface area contributed by atoms with Crippen molar-refractivity contribution in [2.45, 2.75) is 53.7 Å². The van der Waals surface area contributed by atoms with E-state index in [2.05, 4.69) is 51.7 Å². The fourth-order valence-electron chi connectivity index (χ4n) is 3.04. The van der Waals surface area contributed by atoms with E-state index < -0.39 is 0 Å². The van der Waals surface area contributed by atoms with Crippen molar-refractivity contribution in [1.29, 1.82) is 0 Å². The molecular weight excluding hydrogens is 336 g/mol. The van der Waals surface area contributed by atoms with Crippen LogP contribution in [0.25, 0.3) is 0 Å². The molecule has 0 radical (unpaired) electrons. The normalized spacial score (nSPS) is 16.5. The predicted molar refractivity (Wildman–Crippen MR) is 112 cm³/mol. The lowest BCUT2D eigenvalue weighted by Gasteiger charge is -2.33. The van der Waals surface area contributed by atoms with Crippen LogP contribution >= 0.6 is 0 Å². The van der Waals surface area contributed by atoms with Crippen LogP contribution in [0.3, 0.4) is 0 Å². The van der Waals surface area contributed by atoms with E-state index in [9.17, 15) is 4.79 Å². The third kappa shape index (κ3) is 6.42. The highest BCUT2D eigenvalue weighted by Gasteiger charge is 2.39. The number of allylic oxidation sites excluding steroid dienone is 2. The molecule has 1 heterocycles. The summed E-state index contributed by atoms with van der Waals surface area (Å²) < 4.78 is 5.91. The van der Waals surface area contributed by atoms with Gasteiger partial charge in [-0.1, -0.05) is 43.7 Å². The van der Waals surface area contributed by atoms with Gasteiger partial charge in [-0.3, -0.25) is 4.90 Å². The van der Waals surface area contributed by atoms with Crippen LogP contribution in [0.5, 0.6) is 0 Å². The summed E-state index contributed by atoms with van der Waals surface area (Å²) in [6, 6.07) is 9.37. The van der Waals surface area contributed by atoms with Crippen LogP contribution in [-0.2, 0) is 4.74 Å². The fourth-order valence-corrected chi connectivity index (χ4v) is 3.04. The highest BCUT2D eigenvalue weighted by atomic mass is 16.5. The molecule has 146 valence electrons. The average Bonchev–Trinajstić information content (AvgIpc) is 3.11. The molecule has 4 heteroatoms. The summed E-state index contributed by atoms with van der Waals surface area (Å²) in [6.45, 7) is 11.6. The number of hydrogen-bond donors (Lipinski definition) is 1. The zero-order valence-corrected chi connectivity index (χ0v) is 17.2. The van der Waals surface area contributed by atoms with Crippen LogP contribution in [-0.4, -0.2) is 30.3 Å². The Kier molecular flexibility index (Phi) is 7.46. The average molecular weight is 369 g/mol. The van der Waals surface area contributed by atoms with Crippen molar-refractivity contribution in [3.8, 4) is 0 Å². The van der Waals surface area contributed by atoms with E-state index >= 15 is 0 Å². The molecule has 4 nitrogen and oxygen atoms in total. The van der Waals surface area contributed by atoms with Crippen LogP contribution in [0.15, 0.2) is 59.4 Å². The second kappa shape index (κ2) is 9.59. The van der Waals surface area contributed by atoms with Gasteiger partial charge in [0, 0.05) is 17.6 Å². The molecule has 0 aromatic heterocycles. The first-order chi connectivity index (χ1) is 12.8.